The maximum absolute atomic E-state index is 2.34. The number of hydrogen-bond donors (Lipinski definition) is 0. The summed E-state index contributed by atoms with van der Waals surface area (Å²) >= 11 is 0. The monoisotopic (exact) mass is 302 g/mol. The summed E-state index contributed by atoms with van der Waals surface area (Å²) in [7, 11) is -1.36. The first kappa shape index (κ1) is 14.8. The van der Waals surface area contributed by atoms with E-state index in [-0.39, 0.29) is 0 Å². The maximum atomic E-state index is 2.34. The lowest BCUT2D eigenvalue weighted by Crippen LogP contribution is -2.51. The van der Waals surface area contributed by atoms with Gasteiger partial charge < -0.3 is 0 Å². The topological polar surface area (TPSA) is 0 Å². The van der Waals surface area contributed by atoms with Gasteiger partial charge in [-0.3, -0.25) is 0 Å². The molecular formula is C21H22Si. The lowest BCUT2D eigenvalue weighted by molar-refractivity contribution is 0.867. The Morgan fingerprint density at radius 3 is 1.36 bits per heavy atom. The Balaban J connectivity index is 2.06. The Morgan fingerprint density at radius 2 is 0.955 bits per heavy atom. The number of benzene rings is 3. The summed E-state index contributed by atoms with van der Waals surface area (Å²) in [5.41, 5.74) is 1.41. The third-order valence-corrected chi connectivity index (χ3v) is 7.36. The van der Waals surface area contributed by atoms with Gasteiger partial charge >= 0.3 is 0 Å². The van der Waals surface area contributed by atoms with E-state index < -0.39 is 8.80 Å². The third kappa shape index (κ3) is 3.20. The molecule has 0 spiro atoms. The van der Waals surface area contributed by atoms with Gasteiger partial charge in [0.2, 0.25) is 0 Å². The van der Waals surface area contributed by atoms with Gasteiger partial charge in [-0.05, 0) is 11.5 Å². The van der Waals surface area contributed by atoms with Gasteiger partial charge in [0.1, 0.15) is 8.80 Å². The molecule has 0 amide bonds. The summed E-state index contributed by atoms with van der Waals surface area (Å²) in [4.78, 5) is 0. The molecular weight excluding hydrogens is 280 g/mol. The Labute approximate surface area is 135 Å². The van der Waals surface area contributed by atoms with E-state index >= 15 is 0 Å². The summed E-state index contributed by atoms with van der Waals surface area (Å²) < 4.78 is 0. The van der Waals surface area contributed by atoms with Crippen LogP contribution >= 0.6 is 0 Å². The zero-order chi connectivity index (χ0) is 15.4. The molecule has 22 heavy (non-hydrogen) atoms. The summed E-state index contributed by atoms with van der Waals surface area (Å²) in [5, 5.41) is 4.44. The maximum Gasteiger partial charge on any atom is 0.132 e. The van der Waals surface area contributed by atoms with Gasteiger partial charge in [0.05, 0.1) is 0 Å². The van der Waals surface area contributed by atoms with Gasteiger partial charge in [0, 0.05) is 0 Å². The van der Waals surface area contributed by atoms with Crippen molar-refractivity contribution in [2.75, 3.05) is 0 Å². The highest BCUT2D eigenvalue weighted by atomic mass is 28.3. The van der Waals surface area contributed by atoms with E-state index in [2.05, 4.69) is 98.8 Å². The highest BCUT2D eigenvalue weighted by Crippen LogP contribution is 2.12. The second-order valence-electron chi connectivity index (χ2n) is 6.08. The molecule has 0 aliphatic heterocycles. The molecule has 0 saturated heterocycles. The van der Waals surface area contributed by atoms with Crippen molar-refractivity contribution in [2.24, 2.45) is 0 Å². The zero-order valence-electron chi connectivity index (χ0n) is 13.2. The minimum atomic E-state index is -1.36. The first-order valence-electron chi connectivity index (χ1n) is 7.95. The minimum absolute atomic E-state index is 0.586. The molecule has 0 nitrogen and oxygen atoms in total. The summed E-state index contributed by atoms with van der Waals surface area (Å²) in [6.07, 6.45) is 0. The number of hydrogen-bond acceptors (Lipinski definition) is 0. The first-order chi connectivity index (χ1) is 10.8. The highest BCUT2D eigenvalue weighted by Gasteiger charge is 2.18. The Hall–Kier alpha value is -2.12. The standard InChI is InChI=1S/C21H22Si/c1-17(2)18-13-15-21(16-14-18)22(19-9-5-3-6-10-19)20-11-7-4-8-12-20/h3-17,22H,1-2H3. The van der Waals surface area contributed by atoms with E-state index in [9.17, 15) is 0 Å². The van der Waals surface area contributed by atoms with Crippen molar-refractivity contribution in [2.45, 2.75) is 19.8 Å². The fourth-order valence-corrected chi connectivity index (χ4v) is 5.89. The van der Waals surface area contributed by atoms with Crippen molar-refractivity contribution < 1.29 is 0 Å². The van der Waals surface area contributed by atoms with Crippen LogP contribution in [0.1, 0.15) is 25.3 Å². The van der Waals surface area contributed by atoms with Crippen LogP contribution in [0.15, 0.2) is 84.9 Å². The van der Waals surface area contributed by atoms with Crippen LogP contribution < -0.4 is 15.6 Å². The summed E-state index contributed by atoms with van der Waals surface area (Å²) in [5.74, 6) is 0.586. The van der Waals surface area contributed by atoms with Crippen molar-refractivity contribution in [3.63, 3.8) is 0 Å². The van der Waals surface area contributed by atoms with E-state index in [0.29, 0.717) is 5.92 Å². The molecule has 3 rings (SSSR count). The molecule has 0 aliphatic carbocycles. The molecule has 0 aliphatic rings. The molecule has 0 saturated carbocycles. The van der Waals surface area contributed by atoms with E-state index in [1.54, 1.807) is 0 Å². The fourth-order valence-electron chi connectivity index (χ4n) is 2.94. The molecule has 0 fully saturated rings. The van der Waals surface area contributed by atoms with Crippen molar-refractivity contribution in [3.8, 4) is 0 Å². The number of rotatable bonds is 4. The molecule has 0 bridgehead atoms. The quantitative estimate of drug-likeness (QED) is 0.513. The average molecular weight is 302 g/mol. The second kappa shape index (κ2) is 6.76. The normalized spacial score (nSPS) is 11.1. The predicted octanol–water partition coefficient (Wildman–Crippen LogP) is 3.06. The van der Waals surface area contributed by atoms with Gasteiger partial charge in [-0.25, -0.2) is 0 Å². The zero-order valence-corrected chi connectivity index (χ0v) is 14.4. The molecule has 0 heterocycles. The van der Waals surface area contributed by atoms with Crippen LogP contribution in [0.5, 0.6) is 0 Å². The van der Waals surface area contributed by atoms with Crippen molar-refractivity contribution in [3.05, 3.63) is 90.5 Å². The van der Waals surface area contributed by atoms with Gasteiger partial charge in [-0.1, -0.05) is 114 Å². The summed E-state index contributed by atoms with van der Waals surface area (Å²) in [6, 6.07) is 31.2. The van der Waals surface area contributed by atoms with Crippen LogP contribution in [0.25, 0.3) is 0 Å². The van der Waals surface area contributed by atoms with Crippen LogP contribution in [0.2, 0.25) is 0 Å². The second-order valence-corrected chi connectivity index (χ2v) is 8.94. The third-order valence-electron chi connectivity index (χ3n) is 4.20. The largest absolute Gasteiger partial charge is 0.132 e. The van der Waals surface area contributed by atoms with Gasteiger partial charge in [0.15, 0.2) is 0 Å². The fraction of sp³-hybridized carbons (Fsp3) is 0.143. The van der Waals surface area contributed by atoms with Crippen LogP contribution in [-0.4, -0.2) is 8.80 Å². The van der Waals surface area contributed by atoms with Crippen molar-refractivity contribution in [1.82, 2.24) is 0 Å². The lowest BCUT2D eigenvalue weighted by atomic mass is 10.0. The SMILES string of the molecule is CC(C)c1ccc([SiH](c2ccccc2)c2ccccc2)cc1. The molecule has 3 aromatic rings. The average Bonchev–Trinajstić information content (AvgIpc) is 2.57. The van der Waals surface area contributed by atoms with Crippen LogP contribution in [0.3, 0.4) is 0 Å². The van der Waals surface area contributed by atoms with E-state index in [0.717, 1.165) is 0 Å². The Bertz CT molecular complexity index is 660. The van der Waals surface area contributed by atoms with E-state index in [1.807, 2.05) is 0 Å². The minimum Gasteiger partial charge on any atom is -0.0625 e. The van der Waals surface area contributed by atoms with E-state index in [1.165, 1.54) is 21.1 Å². The van der Waals surface area contributed by atoms with Crippen molar-refractivity contribution >= 4 is 24.4 Å². The molecule has 0 atom stereocenters. The Kier molecular flexibility index (Phi) is 4.55. The van der Waals surface area contributed by atoms with E-state index in [4.69, 9.17) is 0 Å². The molecule has 0 unspecified atom stereocenters. The highest BCUT2D eigenvalue weighted by molar-refractivity contribution is 6.95. The molecule has 3 aromatic carbocycles. The van der Waals surface area contributed by atoms with Crippen LogP contribution in [-0.2, 0) is 0 Å². The first-order valence-corrected chi connectivity index (χ1v) is 9.68. The molecule has 0 radical (unpaired) electrons. The van der Waals surface area contributed by atoms with Crippen LogP contribution in [0.4, 0.5) is 0 Å². The lowest BCUT2D eigenvalue weighted by Gasteiger charge is -2.18. The van der Waals surface area contributed by atoms with Crippen LogP contribution in [0, 0.1) is 0 Å². The smallest absolute Gasteiger partial charge is 0.0625 e. The molecule has 1 heteroatoms. The van der Waals surface area contributed by atoms with Crippen molar-refractivity contribution in [1.29, 1.82) is 0 Å². The summed E-state index contributed by atoms with van der Waals surface area (Å²) in [6.45, 7) is 4.50. The molecule has 0 N–H and O–H groups in total. The molecule has 110 valence electrons. The Morgan fingerprint density at radius 1 is 0.545 bits per heavy atom. The van der Waals surface area contributed by atoms with Gasteiger partial charge in [-0.2, -0.15) is 0 Å². The molecule has 0 aromatic heterocycles. The predicted molar refractivity (Wildman–Crippen MR) is 99.5 cm³/mol. The van der Waals surface area contributed by atoms with Gasteiger partial charge in [0.25, 0.3) is 0 Å². The van der Waals surface area contributed by atoms with Gasteiger partial charge in [-0.15, -0.1) is 0 Å².